The van der Waals surface area contributed by atoms with Crippen molar-refractivity contribution >= 4 is 25.7 Å². The monoisotopic (exact) mass is 947 g/mol. The number of esters is 3. The van der Waals surface area contributed by atoms with Crippen LogP contribution in [0.4, 0.5) is 0 Å². The molecular weight excluding hydrogens is 856 g/mol. The van der Waals surface area contributed by atoms with Crippen LogP contribution in [-0.2, 0) is 42.2 Å². The average Bonchev–Trinajstić information content (AvgIpc) is 3.30. The van der Waals surface area contributed by atoms with E-state index in [1.165, 1.54) is 51.4 Å². The summed E-state index contributed by atoms with van der Waals surface area (Å²) in [6.07, 6.45) is 53.0. The maximum absolute atomic E-state index is 12.8. The molecule has 0 aliphatic heterocycles. The number of carbonyl (C=O) groups excluding carboxylic acids is 3. The number of phosphoric acid groups is 1. The average molecular weight is 947 g/mol. The summed E-state index contributed by atoms with van der Waals surface area (Å²) in [4.78, 5) is 48.1. The lowest BCUT2D eigenvalue weighted by Crippen LogP contribution is -2.30. The van der Waals surface area contributed by atoms with Crippen molar-refractivity contribution in [3.8, 4) is 0 Å². The number of hydrogen-bond acceptors (Lipinski definition) is 10. The van der Waals surface area contributed by atoms with E-state index in [4.69, 9.17) is 23.3 Å². The van der Waals surface area contributed by atoms with Gasteiger partial charge >= 0.3 is 25.7 Å². The van der Waals surface area contributed by atoms with Crippen LogP contribution in [0.2, 0.25) is 0 Å². The molecule has 0 aromatic rings. The Kier molecular flexibility index (Phi) is 45.7. The van der Waals surface area contributed by atoms with E-state index in [0.29, 0.717) is 19.3 Å². The Balaban J connectivity index is 4.82. The standard InChI is InChI=1S/C54H91O11P/c1-4-7-10-13-16-19-21-23-25-27-29-32-35-38-41-44-53(57)64-50(46-55)48-62-66(59,60)63-49-51(47-61-52(56)43-40-37-34-31-18-15-12-9-6-3)65-54(58)45-42-39-36-33-30-28-26-24-22-20-17-14-11-8-5-2/h8,11,16-17,19-20,23-26,30,33,39,42,50-51,55H,4-7,9-10,12-15,18,21-22,27-29,31-32,34-38,40-41,43-49H2,1-3H3,(H,59,60)/b11-8-,19-16-,20-17-,25-23-,26-24-,33-30-,42-39-. The first-order valence-electron chi connectivity index (χ1n) is 25.5. The van der Waals surface area contributed by atoms with Gasteiger partial charge in [-0.1, -0.05) is 189 Å². The third-order valence-electron chi connectivity index (χ3n) is 10.3. The first kappa shape index (κ1) is 62.7. The van der Waals surface area contributed by atoms with Crippen LogP contribution < -0.4 is 0 Å². The molecule has 0 aromatic carbocycles. The molecule has 3 unspecified atom stereocenters. The molecule has 2 N–H and O–H groups in total. The zero-order chi connectivity index (χ0) is 48.4. The van der Waals surface area contributed by atoms with E-state index in [-0.39, 0.29) is 25.9 Å². The van der Waals surface area contributed by atoms with Gasteiger partial charge in [0.05, 0.1) is 26.2 Å². The van der Waals surface area contributed by atoms with Crippen LogP contribution in [0.15, 0.2) is 85.1 Å². The van der Waals surface area contributed by atoms with E-state index in [1.54, 1.807) is 6.08 Å². The Labute approximate surface area is 400 Å². The quantitative estimate of drug-likeness (QED) is 0.0197. The van der Waals surface area contributed by atoms with Gasteiger partial charge in [-0.15, -0.1) is 0 Å². The first-order chi connectivity index (χ1) is 32.2. The van der Waals surface area contributed by atoms with Crippen molar-refractivity contribution in [1.82, 2.24) is 0 Å². The van der Waals surface area contributed by atoms with Gasteiger partial charge in [-0.2, -0.15) is 0 Å². The predicted octanol–water partition coefficient (Wildman–Crippen LogP) is 14.4. The van der Waals surface area contributed by atoms with E-state index in [2.05, 4.69) is 81.5 Å². The SMILES string of the molecule is CC/C=C\C/C=C\C/C=C\C/C=C\C/C=C\CC(=O)OC(COC(=O)CCCCCCCCCCC)COP(=O)(O)OCC(CO)OC(=O)CCCCCCC/C=C\C/C=C\CCCCC. The summed E-state index contributed by atoms with van der Waals surface area (Å²) in [7, 11) is -4.77. The molecule has 66 heavy (non-hydrogen) atoms. The summed E-state index contributed by atoms with van der Waals surface area (Å²) in [5, 5.41) is 9.76. The molecular formula is C54H91O11P. The normalized spacial score (nSPS) is 14.2. The number of aliphatic hydroxyl groups is 1. The van der Waals surface area contributed by atoms with Crippen LogP contribution >= 0.6 is 7.82 Å². The number of aliphatic hydroxyl groups excluding tert-OH is 1. The lowest BCUT2D eigenvalue weighted by Gasteiger charge is -2.21. The van der Waals surface area contributed by atoms with Gasteiger partial charge in [-0.05, 0) is 77.0 Å². The number of rotatable bonds is 46. The molecule has 0 rings (SSSR count). The number of hydrogen-bond donors (Lipinski definition) is 2. The molecule has 0 saturated carbocycles. The second-order valence-corrected chi connectivity index (χ2v) is 18.1. The first-order valence-corrected chi connectivity index (χ1v) is 27.0. The topological polar surface area (TPSA) is 155 Å². The molecule has 378 valence electrons. The van der Waals surface area contributed by atoms with Gasteiger partial charge in [0.2, 0.25) is 0 Å². The number of allylic oxidation sites excluding steroid dienone is 13. The van der Waals surface area contributed by atoms with Gasteiger partial charge in [0.15, 0.2) is 6.10 Å². The van der Waals surface area contributed by atoms with Crippen molar-refractivity contribution < 1.29 is 52.2 Å². The maximum atomic E-state index is 12.8. The molecule has 3 atom stereocenters. The summed E-state index contributed by atoms with van der Waals surface area (Å²) in [6.45, 7) is 4.33. The molecule has 0 radical (unpaired) electrons. The summed E-state index contributed by atoms with van der Waals surface area (Å²) in [5.41, 5.74) is 0. The molecule has 0 bridgehead atoms. The Hall–Kier alpha value is -3.34. The molecule has 12 heteroatoms. The Morgan fingerprint density at radius 2 is 0.848 bits per heavy atom. The van der Waals surface area contributed by atoms with Gasteiger partial charge in [0, 0.05) is 12.8 Å². The fraction of sp³-hybridized carbons (Fsp3) is 0.685. The summed E-state index contributed by atoms with van der Waals surface area (Å²) in [5.74, 6) is -1.64. The van der Waals surface area contributed by atoms with Crippen LogP contribution in [0.25, 0.3) is 0 Å². The van der Waals surface area contributed by atoms with Crippen molar-refractivity contribution in [3.05, 3.63) is 85.1 Å². The molecule has 0 aliphatic carbocycles. The highest BCUT2D eigenvalue weighted by Crippen LogP contribution is 2.43. The third kappa shape index (κ3) is 45.8. The van der Waals surface area contributed by atoms with Crippen LogP contribution in [0.3, 0.4) is 0 Å². The highest BCUT2D eigenvalue weighted by molar-refractivity contribution is 7.47. The fourth-order valence-corrected chi connectivity index (χ4v) is 7.24. The fourth-order valence-electron chi connectivity index (χ4n) is 6.46. The van der Waals surface area contributed by atoms with Crippen molar-refractivity contribution in [1.29, 1.82) is 0 Å². The minimum atomic E-state index is -4.77. The second kappa shape index (κ2) is 48.1. The molecule has 0 aromatic heterocycles. The highest BCUT2D eigenvalue weighted by atomic mass is 31.2. The number of unbranched alkanes of at least 4 members (excludes halogenated alkanes) is 16. The highest BCUT2D eigenvalue weighted by Gasteiger charge is 2.28. The summed E-state index contributed by atoms with van der Waals surface area (Å²) >= 11 is 0. The summed E-state index contributed by atoms with van der Waals surface area (Å²) in [6, 6.07) is 0. The van der Waals surface area contributed by atoms with E-state index < -0.39 is 57.8 Å². The van der Waals surface area contributed by atoms with Gasteiger partial charge < -0.3 is 24.2 Å². The van der Waals surface area contributed by atoms with Crippen LogP contribution in [-0.4, -0.2) is 66.5 Å². The van der Waals surface area contributed by atoms with Crippen molar-refractivity contribution in [2.24, 2.45) is 0 Å². The summed E-state index contributed by atoms with van der Waals surface area (Å²) < 4.78 is 39.1. The third-order valence-corrected chi connectivity index (χ3v) is 11.3. The molecule has 0 amide bonds. The van der Waals surface area contributed by atoms with Crippen molar-refractivity contribution in [2.75, 3.05) is 26.4 Å². The van der Waals surface area contributed by atoms with Crippen LogP contribution in [0.1, 0.15) is 201 Å². The largest absolute Gasteiger partial charge is 0.472 e. The molecule has 0 saturated heterocycles. The van der Waals surface area contributed by atoms with Crippen molar-refractivity contribution in [3.63, 3.8) is 0 Å². The second-order valence-electron chi connectivity index (χ2n) is 16.6. The molecule has 0 heterocycles. The van der Waals surface area contributed by atoms with Crippen LogP contribution in [0, 0.1) is 0 Å². The molecule has 0 spiro atoms. The van der Waals surface area contributed by atoms with E-state index in [0.717, 1.165) is 89.9 Å². The predicted molar refractivity (Wildman–Crippen MR) is 270 cm³/mol. The Bertz CT molecular complexity index is 1430. The zero-order valence-corrected chi connectivity index (χ0v) is 42.3. The van der Waals surface area contributed by atoms with E-state index >= 15 is 0 Å². The smallest absolute Gasteiger partial charge is 0.462 e. The van der Waals surface area contributed by atoms with Gasteiger partial charge in [0.1, 0.15) is 12.7 Å². The van der Waals surface area contributed by atoms with Gasteiger partial charge in [0.25, 0.3) is 0 Å². The Morgan fingerprint density at radius 3 is 1.36 bits per heavy atom. The molecule has 0 aliphatic rings. The zero-order valence-electron chi connectivity index (χ0n) is 41.4. The minimum absolute atomic E-state index is 0.0670. The number of phosphoric ester groups is 1. The van der Waals surface area contributed by atoms with Gasteiger partial charge in [-0.25, -0.2) is 4.57 Å². The molecule has 11 nitrogen and oxygen atoms in total. The van der Waals surface area contributed by atoms with Gasteiger partial charge in [-0.3, -0.25) is 23.4 Å². The number of carbonyl (C=O) groups is 3. The van der Waals surface area contributed by atoms with E-state index in [1.807, 2.05) is 18.2 Å². The lowest BCUT2D eigenvalue weighted by molar-refractivity contribution is -0.160. The Morgan fingerprint density at radius 1 is 0.455 bits per heavy atom. The van der Waals surface area contributed by atoms with E-state index in [9.17, 15) is 28.9 Å². The number of ether oxygens (including phenoxy) is 3. The lowest BCUT2D eigenvalue weighted by atomic mass is 10.1. The maximum Gasteiger partial charge on any atom is 0.472 e. The van der Waals surface area contributed by atoms with Crippen molar-refractivity contribution in [2.45, 2.75) is 213 Å². The van der Waals surface area contributed by atoms with Crippen LogP contribution in [0.5, 0.6) is 0 Å². The minimum Gasteiger partial charge on any atom is -0.462 e. The molecule has 0 fully saturated rings.